The van der Waals surface area contributed by atoms with Crippen molar-refractivity contribution in [3.8, 4) is 0 Å². The fraction of sp³-hybridized carbons (Fsp3) is 0.909. The van der Waals surface area contributed by atoms with Crippen molar-refractivity contribution in [3.63, 3.8) is 0 Å². The molecule has 0 aromatic carbocycles. The molecular formula is C11H21NO. The molecule has 2 heteroatoms. The average molecular weight is 183 g/mol. The van der Waals surface area contributed by atoms with E-state index in [1.165, 1.54) is 19.3 Å². The van der Waals surface area contributed by atoms with Crippen LogP contribution in [0.15, 0.2) is 0 Å². The van der Waals surface area contributed by atoms with Crippen molar-refractivity contribution in [2.75, 3.05) is 0 Å². The van der Waals surface area contributed by atoms with Crippen molar-refractivity contribution < 1.29 is 4.79 Å². The fourth-order valence-corrected chi connectivity index (χ4v) is 2.35. The number of nitrogens with two attached hydrogens (primary N) is 1. The number of hydrogen-bond acceptors (Lipinski definition) is 1. The van der Waals surface area contributed by atoms with E-state index in [2.05, 4.69) is 13.8 Å². The third-order valence-electron chi connectivity index (χ3n) is 3.05. The molecule has 0 bridgehead atoms. The number of primary amides is 1. The van der Waals surface area contributed by atoms with Crippen molar-refractivity contribution in [2.24, 2.45) is 23.5 Å². The minimum Gasteiger partial charge on any atom is -0.369 e. The molecule has 0 spiro atoms. The van der Waals surface area contributed by atoms with Gasteiger partial charge in [0.15, 0.2) is 0 Å². The summed E-state index contributed by atoms with van der Waals surface area (Å²) in [7, 11) is 0. The second kappa shape index (κ2) is 4.64. The van der Waals surface area contributed by atoms with Gasteiger partial charge in [0.25, 0.3) is 0 Å². The molecule has 1 fully saturated rings. The van der Waals surface area contributed by atoms with Crippen LogP contribution in [0.3, 0.4) is 0 Å². The summed E-state index contributed by atoms with van der Waals surface area (Å²) in [5.41, 5.74) is 5.27. The summed E-state index contributed by atoms with van der Waals surface area (Å²) >= 11 is 0. The summed E-state index contributed by atoms with van der Waals surface area (Å²) in [6, 6.07) is 0. The van der Waals surface area contributed by atoms with Gasteiger partial charge in [-0.3, -0.25) is 4.79 Å². The monoisotopic (exact) mass is 183 g/mol. The zero-order valence-corrected chi connectivity index (χ0v) is 8.75. The van der Waals surface area contributed by atoms with Crippen LogP contribution in [-0.4, -0.2) is 5.91 Å². The fourth-order valence-electron chi connectivity index (χ4n) is 2.35. The van der Waals surface area contributed by atoms with Gasteiger partial charge in [-0.15, -0.1) is 0 Å². The molecule has 0 radical (unpaired) electrons. The van der Waals surface area contributed by atoms with Crippen LogP contribution in [0.25, 0.3) is 0 Å². The SMILES string of the molecule is CC(C)CC1CCC(C(N)=O)CC1. The van der Waals surface area contributed by atoms with Gasteiger partial charge in [0.2, 0.25) is 5.91 Å². The molecule has 1 amide bonds. The van der Waals surface area contributed by atoms with Gasteiger partial charge in [-0.05, 0) is 43.9 Å². The highest BCUT2D eigenvalue weighted by atomic mass is 16.1. The number of hydrogen-bond donors (Lipinski definition) is 1. The molecule has 0 aromatic rings. The Morgan fingerprint density at radius 2 is 1.85 bits per heavy atom. The normalized spacial score (nSPS) is 29.2. The van der Waals surface area contributed by atoms with Gasteiger partial charge in [0.1, 0.15) is 0 Å². The van der Waals surface area contributed by atoms with Crippen LogP contribution in [0.4, 0.5) is 0 Å². The first-order valence-corrected chi connectivity index (χ1v) is 5.39. The number of carbonyl (C=O) groups excluding carboxylic acids is 1. The van der Waals surface area contributed by atoms with Gasteiger partial charge >= 0.3 is 0 Å². The average Bonchev–Trinajstić information content (AvgIpc) is 2.04. The summed E-state index contributed by atoms with van der Waals surface area (Å²) in [5.74, 6) is 1.71. The Kier molecular flexibility index (Phi) is 3.76. The van der Waals surface area contributed by atoms with E-state index in [0.29, 0.717) is 0 Å². The highest BCUT2D eigenvalue weighted by Crippen LogP contribution is 2.32. The molecule has 1 saturated carbocycles. The van der Waals surface area contributed by atoms with E-state index in [4.69, 9.17) is 5.73 Å². The topological polar surface area (TPSA) is 43.1 Å². The molecular weight excluding hydrogens is 162 g/mol. The zero-order chi connectivity index (χ0) is 9.84. The quantitative estimate of drug-likeness (QED) is 0.717. The lowest BCUT2D eigenvalue weighted by Crippen LogP contribution is -2.27. The zero-order valence-electron chi connectivity index (χ0n) is 8.75. The minimum atomic E-state index is -0.0944. The highest BCUT2D eigenvalue weighted by Gasteiger charge is 2.24. The molecule has 0 aromatic heterocycles. The molecule has 0 aliphatic heterocycles. The van der Waals surface area contributed by atoms with E-state index >= 15 is 0 Å². The maximum absolute atomic E-state index is 10.9. The van der Waals surface area contributed by atoms with E-state index in [1.807, 2.05) is 0 Å². The van der Waals surface area contributed by atoms with Gasteiger partial charge < -0.3 is 5.73 Å². The van der Waals surface area contributed by atoms with Crippen LogP contribution in [0, 0.1) is 17.8 Å². The number of amides is 1. The third kappa shape index (κ3) is 3.37. The molecule has 0 atom stereocenters. The van der Waals surface area contributed by atoms with Crippen molar-refractivity contribution in [1.29, 1.82) is 0 Å². The third-order valence-corrected chi connectivity index (χ3v) is 3.05. The minimum absolute atomic E-state index is 0.0944. The van der Waals surface area contributed by atoms with Gasteiger partial charge in [0, 0.05) is 5.92 Å². The van der Waals surface area contributed by atoms with E-state index < -0.39 is 0 Å². The Bertz CT molecular complexity index is 169. The molecule has 2 nitrogen and oxygen atoms in total. The lowest BCUT2D eigenvalue weighted by Gasteiger charge is -2.27. The first kappa shape index (κ1) is 10.6. The van der Waals surface area contributed by atoms with Gasteiger partial charge in [-0.25, -0.2) is 0 Å². The molecule has 0 heterocycles. The van der Waals surface area contributed by atoms with Gasteiger partial charge in [-0.1, -0.05) is 13.8 Å². The van der Waals surface area contributed by atoms with Crippen molar-refractivity contribution in [3.05, 3.63) is 0 Å². The van der Waals surface area contributed by atoms with Crippen LogP contribution >= 0.6 is 0 Å². The summed E-state index contributed by atoms with van der Waals surface area (Å²) in [6.45, 7) is 4.53. The standard InChI is InChI=1S/C11H21NO/c1-8(2)7-9-3-5-10(6-4-9)11(12)13/h8-10H,3-7H2,1-2H3,(H2,12,13). The molecule has 13 heavy (non-hydrogen) atoms. The maximum atomic E-state index is 10.9. The van der Waals surface area contributed by atoms with Crippen LogP contribution in [0.5, 0.6) is 0 Å². The van der Waals surface area contributed by atoms with E-state index in [1.54, 1.807) is 0 Å². The first-order chi connectivity index (χ1) is 6.09. The van der Waals surface area contributed by atoms with Crippen LogP contribution in [-0.2, 0) is 4.79 Å². The predicted octanol–water partition coefficient (Wildman–Crippen LogP) is 2.32. The Morgan fingerprint density at radius 3 is 2.23 bits per heavy atom. The highest BCUT2D eigenvalue weighted by molar-refractivity contribution is 5.76. The second-order valence-corrected chi connectivity index (χ2v) is 4.75. The van der Waals surface area contributed by atoms with Crippen LogP contribution in [0.1, 0.15) is 46.0 Å². The Balaban J connectivity index is 2.26. The van der Waals surface area contributed by atoms with E-state index in [0.717, 1.165) is 24.7 Å². The second-order valence-electron chi connectivity index (χ2n) is 4.75. The van der Waals surface area contributed by atoms with Crippen LogP contribution < -0.4 is 5.73 Å². The van der Waals surface area contributed by atoms with Crippen molar-refractivity contribution >= 4 is 5.91 Å². The van der Waals surface area contributed by atoms with Crippen molar-refractivity contribution in [2.45, 2.75) is 46.0 Å². The van der Waals surface area contributed by atoms with Gasteiger partial charge in [-0.2, -0.15) is 0 Å². The largest absolute Gasteiger partial charge is 0.369 e. The molecule has 76 valence electrons. The van der Waals surface area contributed by atoms with E-state index in [-0.39, 0.29) is 11.8 Å². The van der Waals surface area contributed by atoms with Crippen LogP contribution in [0.2, 0.25) is 0 Å². The number of carbonyl (C=O) groups is 1. The summed E-state index contributed by atoms with van der Waals surface area (Å²) < 4.78 is 0. The maximum Gasteiger partial charge on any atom is 0.220 e. The Hall–Kier alpha value is -0.530. The molecule has 2 N–H and O–H groups in total. The van der Waals surface area contributed by atoms with E-state index in [9.17, 15) is 4.79 Å². The Labute approximate surface area is 80.9 Å². The molecule has 1 aliphatic carbocycles. The lowest BCUT2D eigenvalue weighted by molar-refractivity contribution is -0.123. The summed E-state index contributed by atoms with van der Waals surface area (Å²) in [6.07, 6.45) is 5.75. The number of rotatable bonds is 3. The van der Waals surface area contributed by atoms with Crippen molar-refractivity contribution in [1.82, 2.24) is 0 Å². The Morgan fingerprint density at radius 1 is 1.31 bits per heavy atom. The molecule has 1 aliphatic rings. The molecule has 0 saturated heterocycles. The van der Waals surface area contributed by atoms with Gasteiger partial charge in [0.05, 0.1) is 0 Å². The summed E-state index contributed by atoms with van der Waals surface area (Å²) in [5, 5.41) is 0. The predicted molar refractivity (Wildman–Crippen MR) is 54.1 cm³/mol. The lowest BCUT2D eigenvalue weighted by atomic mass is 9.78. The smallest absolute Gasteiger partial charge is 0.220 e. The molecule has 1 rings (SSSR count). The molecule has 0 unspecified atom stereocenters. The first-order valence-electron chi connectivity index (χ1n) is 5.39. The summed E-state index contributed by atoms with van der Waals surface area (Å²) in [4.78, 5) is 10.9.